The summed E-state index contributed by atoms with van der Waals surface area (Å²) in [6, 6.07) is 11.0. The molecule has 0 aliphatic heterocycles. The summed E-state index contributed by atoms with van der Waals surface area (Å²) in [6.07, 6.45) is 0. The Kier molecular flexibility index (Phi) is 6.14. The van der Waals surface area contributed by atoms with E-state index >= 15 is 0 Å². The molecule has 2 aromatic carbocycles. The highest BCUT2D eigenvalue weighted by Crippen LogP contribution is 2.34. The summed E-state index contributed by atoms with van der Waals surface area (Å²) in [6.45, 7) is 2.54. The van der Waals surface area contributed by atoms with Crippen LogP contribution in [-0.2, 0) is 0 Å². The van der Waals surface area contributed by atoms with Gasteiger partial charge >= 0.3 is 0 Å². The lowest BCUT2D eigenvalue weighted by molar-refractivity contribution is 0.211. The van der Waals surface area contributed by atoms with Gasteiger partial charge in [0, 0.05) is 9.50 Å². The van der Waals surface area contributed by atoms with Crippen molar-refractivity contribution < 1.29 is 14.2 Å². The Morgan fingerprint density at radius 3 is 2.57 bits per heavy atom. The third-order valence-electron chi connectivity index (χ3n) is 3.09. The number of nitrogens with zero attached hydrogens (tertiary/aromatic N) is 1. The highest BCUT2D eigenvalue weighted by atomic mass is 79.9. The first-order valence-corrected chi connectivity index (χ1v) is 8.01. The number of methoxy groups -OCH3 is 1. The van der Waals surface area contributed by atoms with Gasteiger partial charge in [-0.1, -0.05) is 27.5 Å². The fraction of sp³-hybridized carbons (Fsp3) is 0.235. The van der Waals surface area contributed by atoms with Gasteiger partial charge in [0.25, 0.3) is 0 Å². The van der Waals surface area contributed by atoms with Gasteiger partial charge in [-0.15, -0.1) is 0 Å². The van der Waals surface area contributed by atoms with Crippen molar-refractivity contribution in [2.75, 3.05) is 20.3 Å². The molecule has 0 atom stereocenters. The maximum Gasteiger partial charge on any atom is 0.179 e. The Balaban J connectivity index is 1.99. The van der Waals surface area contributed by atoms with Gasteiger partial charge in [0.15, 0.2) is 11.5 Å². The lowest BCUT2D eigenvalue weighted by Crippen LogP contribution is -2.10. The molecule has 4 nitrogen and oxygen atoms in total. The van der Waals surface area contributed by atoms with Crippen LogP contribution in [0.1, 0.15) is 11.1 Å². The first-order valence-electron chi connectivity index (χ1n) is 6.84. The van der Waals surface area contributed by atoms with Crippen LogP contribution in [0.2, 0.25) is 5.02 Å². The summed E-state index contributed by atoms with van der Waals surface area (Å²) >= 11 is 9.30. The molecule has 0 saturated heterocycles. The van der Waals surface area contributed by atoms with Crippen LogP contribution < -0.4 is 14.2 Å². The quantitative estimate of drug-likeness (QED) is 0.661. The third-order valence-corrected chi connectivity index (χ3v) is 3.97. The zero-order chi connectivity index (χ0) is 16.8. The summed E-state index contributed by atoms with van der Waals surface area (Å²) < 4.78 is 17.3. The zero-order valence-corrected chi connectivity index (χ0v) is 15.1. The van der Waals surface area contributed by atoms with Crippen molar-refractivity contribution in [1.82, 2.24) is 0 Å². The predicted molar refractivity (Wildman–Crippen MR) is 92.6 cm³/mol. The first kappa shape index (κ1) is 17.5. The van der Waals surface area contributed by atoms with Crippen LogP contribution in [0.25, 0.3) is 0 Å². The van der Waals surface area contributed by atoms with Gasteiger partial charge in [-0.25, -0.2) is 0 Å². The van der Waals surface area contributed by atoms with Gasteiger partial charge in [-0.2, -0.15) is 5.26 Å². The van der Waals surface area contributed by atoms with Crippen molar-refractivity contribution in [2.45, 2.75) is 6.92 Å². The van der Waals surface area contributed by atoms with Crippen molar-refractivity contribution in [2.24, 2.45) is 0 Å². The van der Waals surface area contributed by atoms with Gasteiger partial charge in [-0.3, -0.25) is 0 Å². The van der Waals surface area contributed by atoms with Crippen LogP contribution in [0.5, 0.6) is 17.2 Å². The second-order valence-electron chi connectivity index (χ2n) is 4.70. The summed E-state index contributed by atoms with van der Waals surface area (Å²) in [7, 11) is 1.53. The minimum atomic E-state index is 0.286. The summed E-state index contributed by atoms with van der Waals surface area (Å²) in [5.41, 5.74) is 1.35. The monoisotopic (exact) mass is 395 g/mol. The molecule has 0 N–H and O–H groups in total. The Bertz CT molecular complexity index is 743. The number of hydrogen-bond acceptors (Lipinski definition) is 4. The molecular weight excluding hydrogens is 382 g/mol. The number of halogens is 2. The molecule has 0 aliphatic carbocycles. The van der Waals surface area contributed by atoms with Crippen LogP contribution in [-0.4, -0.2) is 20.3 Å². The average Bonchev–Trinajstić information content (AvgIpc) is 2.55. The highest BCUT2D eigenvalue weighted by Gasteiger charge is 2.12. The predicted octanol–water partition coefficient (Wildman–Crippen LogP) is 4.75. The number of ether oxygens (including phenoxy) is 3. The molecule has 0 fully saturated rings. The van der Waals surface area contributed by atoms with Gasteiger partial charge in [0.05, 0.1) is 12.7 Å². The Hall–Kier alpha value is -1.90. The second kappa shape index (κ2) is 8.09. The molecule has 2 aromatic rings. The molecule has 0 bridgehead atoms. The number of aryl methyl sites for hydroxylation is 1. The molecule has 0 aromatic heterocycles. The molecule has 0 amide bonds. The van der Waals surface area contributed by atoms with Gasteiger partial charge in [0.2, 0.25) is 0 Å². The fourth-order valence-electron chi connectivity index (χ4n) is 1.96. The standard InChI is InChI=1S/C17H15BrClNO3/c1-11-7-14(3-4-15(11)19)22-5-6-23-17-12(10-20)8-13(18)9-16(17)21-2/h3-4,7-9H,5-6H2,1-2H3. The lowest BCUT2D eigenvalue weighted by atomic mass is 10.2. The molecule has 2 rings (SSSR count). The third kappa shape index (κ3) is 4.54. The number of nitriles is 1. The van der Waals surface area contributed by atoms with Crippen molar-refractivity contribution >= 4 is 27.5 Å². The zero-order valence-electron chi connectivity index (χ0n) is 12.7. The molecule has 0 spiro atoms. The van der Waals surface area contributed by atoms with E-state index in [-0.39, 0.29) is 6.61 Å². The number of rotatable bonds is 6. The normalized spacial score (nSPS) is 10.0. The molecule has 120 valence electrons. The molecular formula is C17H15BrClNO3. The Morgan fingerprint density at radius 1 is 1.17 bits per heavy atom. The number of benzene rings is 2. The smallest absolute Gasteiger partial charge is 0.179 e. The van der Waals surface area contributed by atoms with Crippen LogP contribution in [0, 0.1) is 18.3 Å². The topological polar surface area (TPSA) is 51.5 Å². The van der Waals surface area contributed by atoms with E-state index in [2.05, 4.69) is 22.0 Å². The minimum Gasteiger partial charge on any atom is -0.493 e. The summed E-state index contributed by atoms with van der Waals surface area (Å²) in [5, 5.41) is 9.90. The van der Waals surface area contributed by atoms with Gasteiger partial charge < -0.3 is 14.2 Å². The van der Waals surface area contributed by atoms with Crippen LogP contribution >= 0.6 is 27.5 Å². The Labute approximate surface area is 148 Å². The van der Waals surface area contributed by atoms with Crippen LogP contribution in [0.4, 0.5) is 0 Å². The van der Waals surface area contributed by atoms with Crippen molar-refractivity contribution in [3.8, 4) is 23.3 Å². The maximum atomic E-state index is 9.20. The summed E-state index contributed by atoms with van der Waals surface area (Å²) in [4.78, 5) is 0. The van der Waals surface area contributed by atoms with Crippen LogP contribution in [0.3, 0.4) is 0 Å². The molecule has 0 unspecified atom stereocenters. The van der Waals surface area contributed by atoms with E-state index < -0.39 is 0 Å². The van der Waals surface area contributed by atoms with E-state index in [0.717, 1.165) is 15.8 Å². The molecule has 0 saturated carbocycles. The van der Waals surface area contributed by atoms with E-state index in [1.54, 1.807) is 24.3 Å². The summed E-state index contributed by atoms with van der Waals surface area (Å²) in [5.74, 6) is 1.63. The lowest BCUT2D eigenvalue weighted by Gasteiger charge is -2.13. The van der Waals surface area contributed by atoms with Gasteiger partial charge in [-0.05, 0) is 42.8 Å². The van der Waals surface area contributed by atoms with E-state index in [9.17, 15) is 5.26 Å². The van der Waals surface area contributed by atoms with Gasteiger partial charge in [0.1, 0.15) is 25.0 Å². The van der Waals surface area contributed by atoms with Crippen LogP contribution in [0.15, 0.2) is 34.8 Å². The Morgan fingerprint density at radius 2 is 1.91 bits per heavy atom. The highest BCUT2D eigenvalue weighted by molar-refractivity contribution is 9.10. The maximum absolute atomic E-state index is 9.20. The first-order chi connectivity index (χ1) is 11.0. The number of hydrogen-bond donors (Lipinski definition) is 0. The van der Waals surface area contributed by atoms with Crippen molar-refractivity contribution in [3.05, 3.63) is 51.0 Å². The molecule has 0 aliphatic rings. The van der Waals surface area contributed by atoms with Crippen molar-refractivity contribution in [1.29, 1.82) is 5.26 Å². The van der Waals surface area contributed by atoms with E-state index in [1.165, 1.54) is 7.11 Å². The molecule has 23 heavy (non-hydrogen) atoms. The SMILES string of the molecule is COc1cc(Br)cc(C#N)c1OCCOc1ccc(Cl)c(C)c1. The molecule has 0 radical (unpaired) electrons. The molecule has 6 heteroatoms. The average molecular weight is 397 g/mol. The second-order valence-corrected chi connectivity index (χ2v) is 6.03. The largest absolute Gasteiger partial charge is 0.493 e. The van der Waals surface area contributed by atoms with E-state index in [0.29, 0.717) is 28.7 Å². The fourth-order valence-corrected chi connectivity index (χ4v) is 2.52. The molecule has 0 heterocycles. The minimum absolute atomic E-state index is 0.286. The van der Waals surface area contributed by atoms with E-state index in [4.69, 9.17) is 25.8 Å². The van der Waals surface area contributed by atoms with Crippen molar-refractivity contribution in [3.63, 3.8) is 0 Å². The van der Waals surface area contributed by atoms with E-state index in [1.807, 2.05) is 13.0 Å².